The van der Waals surface area contributed by atoms with Gasteiger partial charge < -0.3 is 5.32 Å². The molecular weight excluding hydrogens is 358 g/mol. The van der Waals surface area contributed by atoms with E-state index in [-0.39, 0.29) is 5.91 Å². The topological polar surface area (TPSA) is 45.2 Å². The Kier molecular flexibility index (Phi) is 6.01. The first-order chi connectivity index (χ1) is 14.2. The number of rotatable bonds is 6. The highest BCUT2D eigenvalue weighted by Crippen LogP contribution is 2.19. The Hall–Kier alpha value is -2.98. The number of pyridine rings is 1. The smallest absolute Gasteiger partial charge is 0.253 e. The summed E-state index contributed by atoms with van der Waals surface area (Å²) in [5, 5.41) is 3.08. The van der Waals surface area contributed by atoms with E-state index in [0.717, 1.165) is 23.5 Å². The van der Waals surface area contributed by atoms with Crippen LogP contribution in [-0.4, -0.2) is 28.9 Å². The minimum absolute atomic E-state index is 0.0782. The van der Waals surface area contributed by atoms with Crippen molar-refractivity contribution in [2.24, 2.45) is 0 Å². The predicted octanol–water partition coefficient (Wildman–Crippen LogP) is 4.58. The third-order valence-electron chi connectivity index (χ3n) is 5.55. The summed E-state index contributed by atoms with van der Waals surface area (Å²) >= 11 is 0. The zero-order valence-corrected chi connectivity index (χ0v) is 16.9. The van der Waals surface area contributed by atoms with Gasteiger partial charge in [-0.05, 0) is 56.1 Å². The maximum atomic E-state index is 12.8. The number of aryl methyl sites for hydroxylation is 1. The van der Waals surface area contributed by atoms with E-state index < -0.39 is 0 Å². The molecule has 1 aliphatic rings. The van der Waals surface area contributed by atoms with Gasteiger partial charge in [-0.15, -0.1) is 0 Å². The number of nitrogens with zero attached hydrogens (tertiary/aromatic N) is 2. The molecule has 0 spiro atoms. The number of nitrogens with one attached hydrogen (secondary N) is 1. The summed E-state index contributed by atoms with van der Waals surface area (Å²) in [4.78, 5) is 19.9. The summed E-state index contributed by atoms with van der Waals surface area (Å²) in [6.07, 6.45) is 2.56. The minimum atomic E-state index is -0.0782. The standard InChI is InChI=1S/C25H27N3O/c1-19-23(13-14-24(27-19)20-9-3-2-4-10-20)25(29)26-17-21-11-5-6-12-22(21)18-28-15-7-8-16-28/h2-6,9-14H,7-8,15-18H2,1H3,(H,26,29). The number of hydrogen-bond donors (Lipinski definition) is 1. The van der Waals surface area contributed by atoms with E-state index in [9.17, 15) is 4.79 Å². The van der Waals surface area contributed by atoms with Crippen LogP contribution in [0.3, 0.4) is 0 Å². The van der Waals surface area contributed by atoms with Crippen molar-refractivity contribution in [3.05, 3.63) is 89.1 Å². The van der Waals surface area contributed by atoms with Crippen LogP contribution in [-0.2, 0) is 13.1 Å². The molecule has 1 amide bonds. The quantitative estimate of drug-likeness (QED) is 0.675. The number of aromatic nitrogens is 1. The third-order valence-corrected chi connectivity index (χ3v) is 5.55. The van der Waals surface area contributed by atoms with Crippen LogP contribution < -0.4 is 5.32 Å². The molecule has 4 rings (SSSR count). The lowest BCUT2D eigenvalue weighted by molar-refractivity contribution is 0.0949. The second kappa shape index (κ2) is 9.01. The molecule has 0 unspecified atom stereocenters. The van der Waals surface area contributed by atoms with Gasteiger partial charge in [-0.25, -0.2) is 0 Å². The van der Waals surface area contributed by atoms with Gasteiger partial charge >= 0.3 is 0 Å². The fraction of sp³-hybridized carbons (Fsp3) is 0.280. The van der Waals surface area contributed by atoms with Gasteiger partial charge in [0.2, 0.25) is 0 Å². The first kappa shape index (κ1) is 19.3. The van der Waals surface area contributed by atoms with Gasteiger partial charge in [0.1, 0.15) is 0 Å². The van der Waals surface area contributed by atoms with Crippen LogP contribution in [0.5, 0.6) is 0 Å². The highest BCUT2D eigenvalue weighted by Gasteiger charge is 2.15. The van der Waals surface area contributed by atoms with Crippen molar-refractivity contribution in [1.82, 2.24) is 15.2 Å². The van der Waals surface area contributed by atoms with Crippen molar-refractivity contribution in [1.29, 1.82) is 0 Å². The Morgan fingerprint density at radius 3 is 2.34 bits per heavy atom. The molecular formula is C25H27N3O. The van der Waals surface area contributed by atoms with E-state index in [1.807, 2.05) is 55.5 Å². The molecule has 1 fully saturated rings. The van der Waals surface area contributed by atoms with Crippen molar-refractivity contribution in [2.75, 3.05) is 13.1 Å². The fourth-order valence-corrected chi connectivity index (χ4v) is 3.91. The summed E-state index contributed by atoms with van der Waals surface area (Å²) in [6, 6.07) is 22.2. The molecule has 2 heterocycles. The van der Waals surface area contributed by atoms with Gasteiger partial charge in [-0.1, -0.05) is 54.6 Å². The maximum absolute atomic E-state index is 12.8. The van der Waals surface area contributed by atoms with Gasteiger partial charge in [0.05, 0.1) is 17.0 Å². The number of likely N-dealkylation sites (tertiary alicyclic amines) is 1. The zero-order chi connectivity index (χ0) is 20.1. The molecule has 0 atom stereocenters. The molecule has 148 valence electrons. The second-order valence-corrected chi connectivity index (χ2v) is 7.63. The lowest BCUT2D eigenvalue weighted by Gasteiger charge is -2.18. The lowest BCUT2D eigenvalue weighted by atomic mass is 10.1. The van der Waals surface area contributed by atoms with Crippen LogP contribution in [0, 0.1) is 6.92 Å². The van der Waals surface area contributed by atoms with Crippen LogP contribution in [0.1, 0.15) is 40.0 Å². The summed E-state index contributed by atoms with van der Waals surface area (Å²) in [6.45, 7) is 5.71. The van der Waals surface area contributed by atoms with Gasteiger partial charge in [-0.2, -0.15) is 0 Å². The van der Waals surface area contributed by atoms with Crippen molar-refractivity contribution >= 4 is 5.91 Å². The monoisotopic (exact) mass is 385 g/mol. The molecule has 4 nitrogen and oxygen atoms in total. The summed E-state index contributed by atoms with van der Waals surface area (Å²) in [7, 11) is 0. The predicted molar refractivity (Wildman–Crippen MR) is 117 cm³/mol. The molecule has 3 aromatic rings. The Balaban J connectivity index is 1.44. The van der Waals surface area contributed by atoms with Gasteiger partial charge in [0, 0.05) is 18.7 Å². The van der Waals surface area contributed by atoms with E-state index in [2.05, 4.69) is 33.4 Å². The van der Waals surface area contributed by atoms with Crippen LogP contribution in [0.4, 0.5) is 0 Å². The van der Waals surface area contributed by atoms with Gasteiger partial charge in [0.15, 0.2) is 0 Å². The van der Waals surface area contributed by atoms with E-state index in [0.29, 0.717) is 12.1 Å². The summed E-state index contributed by atoms with van der Waals surface area (Å²) < 4.78 is 0. The molecule has 0 aliphatic carbocycles. The first-order valence-electron chi connectivity index (χ1n) is 10.3. The molecule has 4 heteroatoms. The van der Waals surface area contributed by atoms with Crippen molar-refractivity contribution in [2.45, 2.75) is 32.9 Å². The highest BCUT2D eigenvalue weighted by molar-refractivity contribution is 5.95. The van der Waals surface area contributed by atoms with Crippen molar-refractivity contribution < 1.29 is 4.79 Å². The summed E-state index contributed by atoms with van der Waals surface area (Å²) in [5.41, 5.74) is 5.79. The van der Waals surface area contributed by atoms with Crippen LogP contribution in [0.15, 0.2) is 66.7 Å². The second-order valence-electron chi connectivity index (χ2n) is 7.63. The number of carbonyl (C=O) groups is 1. The Morgan fingerprint density at radius 1 is 0.931 bits per heavy atom. The van der Waals surface area contributed by atoms with Gasteiger partial charge in [0.25, 0.3) is 5.91 Å². The number of carbonyl (C=O) groups excluding carboxylic acids is 1. The largest absolute Gasteiger partial charge is 0.348 e. The average molecular weight is 386 g/mol. The van der Waals surface area contributed by atoms with Crippen LogP contribution in [0.25, 0.3) is 11.3 Å². The third kappa shape index (κ3) is 4.72. The summed E-state index contributed by atoms with van der Waals surface area (Å²) in [5.74, 6) is -0.0782. The number of amides is 1. The van der Waals surface area contributed by atoms with Gasteiger partial charge in [-0.3, -0.25) is 14.7 Å². The Bertz CT molecular complexity index is 978. The molecule has 2 aromatic carbocycles. The van der Waals surface area contributed by atoms with Crippen molar-refractivity contribution in [3.63, 3.8) is 0 Å². The average Bonchev–Trinajstić information content (AvgIpc) is 3.26. The molecule has 1 N–H and O–H groups in total. The molecule has 1 aromatic heterocycles. The lowest BCUT2D eigenvalue weighted by Crippen LogP contribution is -2.25. The first-order valence-corrected chi connectivity index (χ1v) is 10.3. The van der Waals surface area contributed by atoms with Crippen LogP contribution >= 0.6 is 0 Å². The molecule has 1 saturated heterocycles. The van der Waals surface area contributed by atoms with E-state index in [1.165, 1.54) is 37.1 Å². The number of benzene rings is 2. The Labute approximate surface area is 172 Å². The van der Waals surface area contributed by atoms with E-state index in [1.54, 1.807) is 0 Å². The normalized spacial score (nSPS) is 14.1. The SMILES string of the molecule is Cc1nc(-c2ccccc2)ccc1C(=O)NCc1ccccc1CN1CCCC1. The maximum Gasteiger partial charge on any atom is 0.253 e. The molecule has 29 heavy (non-hydrogen) atoms. The van der Waals surface area contributed by atoms with Crippen molar-refractivity contribution in [3.8, 4) is 11.3 Å². The fourth-order valence-electron chi connectivity index (χ4n) is 3.91. The van der Waals surface area contributed by atoms with Crippen LogP contribution in [0.2, 0.25) is 0 Å². The highest BCUT2D eigenvalue weighted by atomic mass is 16.1. The minimum Gasteiger partial charge on any atom is -0.348 e. The van der Waals surface area contributed by atoms with E-state index >= 15 is 0 Å². The number of hydrogen-bond acceptors (Lipinski definition) is 3. The molecule has 0 saturated carbocycles. The molecule has 0 radical (unpaired) electrons. The van der Waals surface area contributed by atoms with E-state index in [4.69, 9.17) is 0 Å². The molecule has 0 bridgehead atoms. The Morgan fingerprint density at radius 2 is 1.62 bits per heavy atom. The molecule has 1 aliphatic heterocycles. The zero-order valence-electron chi connectivity index (χ0n) is 16.9.